The quantitative estimate of drug-likeness (QED) is 0.574. The summed E-state index contributed by atoms with van der Waals surface area (Å²) in [5, 5.41) is 16.4. The average Bonchev–Trinajstić information content (AvgIpc) is 3.26. The third-order valence-corrected chi connectivity index (χ3v) is 9.34. The predicted octanol–water partition coefficient (Wildman–Crippen LogP) is 5.84. The van der Waals surface area contributed by atoms with Crippen molar-refractivity contribution >= 4 is 0 Å². The summed E-state index contributed by atoms with van der Waals surface area (Å²) in [5.74, 6) is 1.92. The number of aromatic nitrogens is 2. The molecule has 0 saturated heterocycles. The van der Waals surface area contributed by atoms with Crippen molar-refractivity contribution < 1.29 is 18.3 Å². The second-order valence-corrected chi connectivity index (χ2v) is 10.5. The number of aliphatic hydroxyl groups is 1. The first-order valence-electron chi connectivity index (χ1n) is 11.1. The molecular weight excluding hydrogens is 377 g/mol. The molecule has 3 saturated carbocycles. The number of hydrogen-bond donors (Lipinski definition) is 2. The van der Waals surface area contributed by atoms with Gasteiger partial charge in [0.25, 0.3) is 0 Å². The molecule has 160 valence electrons. The Hall–Kier alpha value is -1.30. The average molecular weight is 409 g/mol. The Bertz CT molecular complexity index is 830. The molecule has 0 aliphatic heterocycles. The smallest absolute Gasteiger partial charge is 0.393 e. The number of aromatic amines is 1. The van der Waals surface area contributed by atoms with Crippen LogP contribution in [-0.4, -0.2) is 21.4 Å². The van der Waals surface area contributed by atoms with Gasteiger partial charge >= 0.3 is 6.18 Å². The summed E-state index contributed by atoms with van der Waals surface area (Å²) in [6, 6.07) is 1.24. The van der Waals surface area contributed by atoms with Gasteiger partial charge in [-0.2, -0.15) is 18.3 Å². The molecular formula is C23H31F3N2O. The summed E-state index contributed by atoms with van der Waals surface area (Å²) < 4.78 is 39.2. The monoisotopic (exact) mass is 408 g/mol. The predicted molar refractivity (Wildman–Crippen MR) is 104 cm³/mol. The van der Waals surface area contributed by atoms with Gasteiger partial charge in [-0.3, -0.25) is 5.10 Å². The van der Waals surface area contributed by atoms with Crippen LogP contribution in [0.5, 0.6) is 0 Å². The van der Waals surface area contributed by atoms with Crippen LogP contribution in [0.15, 0.2) is 17.7 Å². The zero-order chi connectivity index (χ0) is 20.6. The van der Waals surface area contributed by atoms with E-state index in [4.69, 9.17) is 0 Å². The third-order valence-electron chi connectivity index (χ3n) is 9.34. The van der Waals surface area contributed by atoms with Crippen LogP contribution in [0.25, 0.3) is 0 Å². The molecule has 0 amide bonds. The minimum Gasteiger partial charge on any atom is -0.393 e. The minimum atomic E-state index is -4.39. The van der Waals surface area contributed by atoms with Crippen LogP contribution in [0.3, 0.4) is 0 Å². The SMILES string of the molecule is C[C@]12CCC(O)CC1=CC[C@@H]1[C@@H]2CC[C@]2(C)C(c3cc(C(F)(F)F)n[nH]3)CC[C@@H]12. The highest BCUT2D eigenvalue weighted by molar-refractivity contribution is 5.27. The van der Waals surface area contributed by atoms with E-state index in [-0.39, 0.29) is 22.9 Å². The van der Waals surface area contributed by atoms with Gasteiger partial charge in [-0.1, -0.05) is 25.5 Å². The molecule has 2 unspecified atom stereocenters. The maximum atomic E-state index is 13.1. The number of aliphatic hydroxyl groups excluding tert-OH is 1. The van der Waals surface area contributed by atoms with Crippen molar-refractivity contribution in [1.82, 2.24) is 10.2 Å². The fraction of sp³-hybridized carbons (Fsp3) is 0.783. The highest BCUT2D eigenvalue weighted by atomic mass is 19.4. The summed E-state index contributed by atoms with van der Waals surface area (Å²) >= 11 is 0. The number of fused-ring (bicyclic) bond motifs is 5. The van der Waals surface area contributed by atoms with Gasteiger partial charge in [0.1, 0.15) is 0 Å². The molecule has 4 aliphatic rings. The Morgan fingerprint density at radius 1 is 1.10 bits per heavy atom. The maximum Gasteiger partial charge on any atom is 0.435 e. The van der Waals surface area contributed by atoms with Crippen molar-refractivity contribution in [3.05, 3.63) is 29.1 Å². The Morgan fingerprint density at radius 2 is 1.90 bits per heavy atom. The van der Waals surface area contributed by atoms with E-state index in [1.807, 2.05) is 0 Å². The maximum absolute atomic E-state index is 13.1. The summed E-state index contributed by atoms with van der Waals surface area (Å²) in [7, 11) is 0. The van der Waals surface area contributed by atoms with E-state index in [2.05, 4.69) is 30.1 Å². The minimum absolute atomic E-state index is 0.0342. The summed E-state index contributed by atoms with van der Waals surface area (Å²) in [6.07, 6.45) is 5.87. The van der Waals surface area contributed by atoms with Crippen LogP contribution >= 0.6 is 0 Å². The lowest BCUT2D eigenvalue weighted by atomic mass is 9.47. The first-order valence-corrected chi connectivity index (χ1v) is 11.1. The van der Waals surface area contributed by atoms with Gasteiger partial charge in [0.15, 0.2) is 5.69 Å². The number of nitrogens with one attached hydrogen (secondary N) is 1. The number of hydrogen-bond acceptors (Lipinski definition) is 2. The molecule has 1 heterocycles. The number of allylic oxidation sites excluding steroid dienone is 1. The molecule has 0 bridgehead atoms. The molecule has 5 rings (SSSR count). The molecule has 1 aromatic rings. The summed E-state index contributed by atoms with van der Waals surface area (Å²) in [5.41, 5.74) is 1.55. The second kappa shape index (κ2) is 6.35. The molecule has 0 spiro atoms. The first-order chi connectivity index (χ1) is 13.6. The molecule has 3 nitrogen and oxygen atoms in total. The number of nitrogens with zero attached hydrogens (tertiary/aromatic N) is 1. The van der Waals surface area contributed by atoms with Gasteiger partial charge in [-0.05, 0) is 86.0 Å². The van der Waals surface area contributed by atoms with Gasteiger partial charge in [0, 0.05) is 11.6 Å². The van der Waals surface area contributed by atoms with Crippen LogP contribution in [0, 0.1) is 28.6 Å². The van der Waals surface area contributed by atoms with Crippen molar-refractivity contribution in [3.8, 4) is 0 Å². The molecule has 0 radical (unpaired) electrons. The number of H-pyrrole nitrogens is 1. The molecule has 7 atom stereocenters. The molecule has 3 fully saturated rings. The third kappa shape index (κ3) is 2.84. The Morgan fingerprint density at radius 3 is 2.62 bits per heavy atom. The highest BCUT2D eigenvalue weighted by Gasteiger charge is 2.59. The number of rotatable bonds is 1. The fourth-order valence-electron chi connectivity index (χ4n) is 7.81. The topological polar surface area (TPSA) is 48.9 Å². The van der Waals surface area contributed by atoms with E-state index in [0.717, 1.165) is 51.4 Å². The molecule has 1 aromatic heterocycles. The van der Waals surface area contributed by atoms with Crippen molar-refractivity contribution in [2.24, 2.45) is 28.6 Å². The lowest BCUT2D eigenvalue weighted by Crippen LogP contribution is -2.50. The van der Waals surface area contributed by atoms with Gasteiger partial charge in [0.05, 0.1) is 6.10 Å². The van der Waals surface area contributed by atoms with Crippen LogP contribution in [0.4, 0.5) is 13.2 Å². The van der Waals surface area contributed by atoms with Crippen LogP contribution in [-0.2, 0) is 6.18 Å². The zero-order valence-electron chi connectivity index (χ0n) is 17.2. The molecule has 4 aliphatic carbocycles. The van der Waals surface area contributed by atoms with Gasteiger partial charge in [-0.25, -0.2) is 0 Å². The molecule has 29 heavy (non-hydrogen) atoms. The Balaban J connectivity index is 1.43. The largest absolute Gasteiger partial charge is 0.435 e. The van der Waals surface area contributed by atoms with E-state index >= 15 is 0 Å². The Labute approximate surface area is 170 Å². The number of halogens is 3. The fourth-order valence-corrected chi connectivity index (χ4v) is 7.81. The molecule has 6 heteroatoms. The van der Waals surface area contributed by atoms with Crippen molar-refractivity contribution in [3.63, 3.8) is 0 Å². The van der Waals surface area contributed by atoms with Gasteiger partial charge in [0.2, 0.25) is 0 Å². The number of alkyl halides is 3. The van der Waals surface area contributed by atoms with Crippen molar-refractivity contribution in [2.45, 2.75) is 83.4 Å². The summed E-state index contributed by atoms with van der Waals surface area (Å²) in [4.78, 5) is 0. The lowest BCUT2D eigenvalue weighted by Gasteiger charge is -2.58. The van der Waals surface area contributed by atoms with Crippen molar-refractivity contribution in [2.75, 3.05) is 0 Å². The Kier molecular flexibility index (Phi) is 4.30. The van der Waals surface area contributed by atoms with E-state index in [0.29, 0.717) is 23.4 Å². The normalized spacial score (nSPS) is 44.6. The van der Waals surface area contributed by atoms with Crippen LogP contribution in [0.2, 0.25) is 0 Å². The second-order valence-electron chi connectivity index (χ2n) is 10.5. The van der Waals surface area contributed by atoms with E-state index in [1.165, 1.54) is 11.6 Å². The zero-order valence-corrected chi connectivity index (χ0v) is 17.2. The van der Waals surface area contributed by atoms with Gasteiger partial charge in [-0.15, -0.1) is 0 Å². The lowest BCUT2D eigenvalue weighted by molar-refractivity contribution is -0.141. The van der Waals surface area contributed by atoms with E-state index in [1.54, 1.807) is 0 Å². The summed E-state index contributed by atoms with van der Waals surface area (Å²) in [6.45, 7) is 4.72. The molecule has 2 N–H and O–H groups in total. The van der Waals surface area contributed by atoms with Crippen LogP contribution < -0.4 is 0 Å². The van der Waals surface area contributed by atoms with E-state index in [9.17, 15) is 18.3 Å². The standard InChI is InChI=1S/C23H31F3N2O/c1-21-9-7-14(29)11-13(21)3-4-15-16-5-6-18(22(16,2)10-8-17(15)21)19-12-20(28-27-19)23(24,25)26/h3,12,14-18,29H,4-11H2,1-2H3,(H,27,28)/t14?,15-,16-,17-,18?,21-,22-/m0/s1. The van der Waals surface area contributed by atoms with Crippen LogP contribution in [0.1, 0.15) is 82.5 Å². The van der Waals surface area contributed by atoms with E-state index < -0.39 is 11.9 Å². The van der Waals surface area contributed by atoms with Crippen molar-refractivity contribution in [1.29, 1.82) is 0 Å². The first kappa shape index (κ1) is 19.7. The highest BCUT2D eigenvalue weighted by Crippen LogP contribution is 2.67. The molecule has 0 aromatic carbocycles. The van der Waals surface area contributed by atoms with Gasteiger partial charge < -0.3 is 5.11 Å².